The van der Waals surface area contributed by atoms with Crippen molar-refractivity contribution in [1.29, 1.82) is 0 Å². The third-order valence-corrected chi connectivity index (χ3v) is 5.63. The Bertz CT molecular complexity index is 1000. The largest absolute Gasteiger partial charge is 0.468 e. The van der Waals surface area contributed by atoms with E-state index >= 15 is 0 Å². The number of hydrogen-bond acceptors (Lipinski definition) is 7. The first-order valence-corrected chi connectivity index (χ1v) is 12.7. The molecule has 2 atom stereocenters. The summed E-state index contributed by atoms with van der Waals surface area (Å²) in [5, 5.41) is 5.11. The van der Waals surface area contributed by atoms with Crippen molar-refractivity contribution < 1.29 is 33.4 Å². The number of nitrogens with two attached hydrogens (primary N) is 1. The maximum absolute atomic E-state index is 14.0. The minimum Gasteiger partial charge on any atom is -0.468 e. The van der Waals surface area contributed by atoms with Gasteiger partial charge in [-0.2, -0.15) is 0 Å². The van der Waals surface area contributed by atoms with Gasteiger partial charge in [0, 0.05) is 13.0 Å². The zero-order valence-electron chi connectivity index (χ0n) is 23.5. The van der Waals surface area contributed by atoms with Crippen LogP contribution in [0.15, 0.2) is 18.2 Å². The number of benzene rings is 1. The molecule has 0 spiro atoms. The highest BCUT2D eigenvalue weighted by atomic mass is 16.6. The maximum atomic E-state index is 14.0. The third kappa shape index (κ3) is 10.8. The van der Waals surface area contributed by atoms with Crippen molar-refractivity contribution in [1.82, 2.24) is 15.5 Å². The highest BCUT2D eigenvalue weighted by molar-refractivity contribution is 5.93. The summed E-state index contributed by atoms with van der Waals surface area (Å²) in [6.45, 7) is 10.5. The molecule has 212 valence electrons. The van der Waals surface area contributed by atoms with E-state index in [2.05, 4.69) is 15.4 Å². The Morgan fingerprint density at radius 1 is 1.11 bits per heavy atom. The number of alkyl carbamates (subject to hydrolysis) is 1. The summed E-state index contributed by atoms with van der Waals surface area (Å²) in [7, 11) is 1.21. The summed E-state index contributed by atoms with van der Waals surface area (Å²) in [4.78, 5) is 64.8. The Hall–Kier alpha value is -3.63. The van der Waals surface area contributed by atoms with Gasteiger partial charge in [0.15, 0.2) is 0 Å². The standard InChI is InChI=1S/C27H42N4O7/c1-8-9-14-31(25(35)20(12-13-21(28)32)30-26(36)38-27(4,5)6)23(24(34)29-16-22(33)37-7)19-15-17(2)10-11-18(19)3/h10-11,15,20,23H,8-9,12-14,16H2,1-7H3,(H2,28,32)(H,29,34)(H,30,36). The maximum Gasteiger partial charge on any atom is 0.408 e. The van der Waals surface area contributed by atoms with Crippen LogP contribution in [-0.2, 0) is 28.7 Å². The van der Waals surface area contributed by atoms with E-state index in [9.17, 15) is 24.0 Å². The van der Waals surface area contributed by atoms with Gasteiger partial charge in [-0.25, -0.2) is 4.79 Å². The number of unbranched alkanes of at least 4 members (excludes halogenated alkanes) is 1. The average molecular weight is 535 g/mol. The molecule has 2 unspecified atom stereocenters. The molecule has 0 saturated carbocycles. The fourth-order valence-electron chi connectivity index (χ4n) is 3.72. The summed E-state index contributed by atoms with van der Waals surface area (Å²) in [6.07, 6.45) is 0.190. The fourth-order valence-corrected chi connectivity index (χ4v) is 3.72. The molecule has 4 amide bonds. The number of carbonyl (C=O) groups is 5. The van der Waals surface area contributed by atoms with E-state index in [1.807, 2.05) is 39.0 Å². The molecular formula is C27H42N4O7. The average Bonchev–Trinajstić information content (AvgIpc) is 2.82. The van der Waals surface area contributed by atoms with Gasteiger partial charge in [0.1, 0.15) is 24.2 Å². The van der Waals surface area contributed by atoms with Crippen LogP contribution in [-0.4, -0.2) is 66.5 Å². The number of methoxy groups -OCH3 is 1. The lowest BCUT2D eigenvalue weighted by Crippen LogP contribution is -2.53. The Morgan fingerprint density at radius 2 is 1.76 bits per heavy atom. The van der Waals surface area contributed by atoms with Gasteiger partial charge in [0.25, 0.3) is 0 Å². The van der Waals surface area contributed by atoms with Crippen molar-refractivity contribution in [3.63, 3.8) is 0 Å². The number of esters is 1. The minimum atomic E-state index is -1.18. The van der Waals surface area contributed by atoms with Crippen LogP contribution in [0.3, 0.4) is 0 Å². The minimum absolute atomic E-state index is 0.0840. The van der Waals surface area contributed by atoms with Crippen molar-refractivity contribution in [2.24, 2.45) is 5.73 Å². The Kier molecular flexibility index (Phi) is 12.7. The summed E-state index contributed by atoms with van der Waals surface area (Å²) >= 11 is 0. The second-order valence-corrected chi connectivity index (χ2v) is 10.1. The second kappa shape index (κ2) is 14.9. The highest BCUT2D eigenvalue weighted by Gasteiger charge is 2.37. The lowest BCUT2D eigenvalue weighted by molar-refractivity contribution is -0.145. The number of amides is 4. The SMILES string of the molecule is CCCCN(C(=O)C(CCC(N)=O)NC(=O)OC(C)(C)C)C(C(=O)NCC(=O)OC)c1cc(C)ccc1C. The van der Waals surface area contributed by atoms with Gasteiger partial charge < -0.3 is 30.7 Å². The van der Waals surface area contributed by atoms with Crippen LogP contribution in [0.1, 0.15) is 76.1 Å². The topological polar surface area (TPSA) is 157 Å². The predicted octanol–water partition coefficient (Wildman–Crippen LogP) is 2.42. The molecule has 1 aromatic rings. The number of hydrogen-bond donors (Lipinski definition) is 3. The molecule has 0 aliphatic carbocycles. The third-order valence-electron chi connectivity index (χ3n) is 5.63. The summed E-state index contributed by atoms with van der Waals surface area (Å²) in [6, 6.07) is 3.24. The van der Waals surface area contributed by atoms with Gasteiger partial charge in [-0.1, -0.05) is 37.1 Å². The molecule has 1 rings (SSSR count). The van der Waals surface area contributed by atoms with Gasteiger partial charge in [-0.05, 0) is 58.6 Å². The van der Waals surface area contributed by atoms with Crippen molar-refractivity contribution in [2.45, 2.75) is 84.9 Å². The van der Waals surface area contributed by atoms with Gasteiger partial charge >= 0.3 is 12.1 Å². The zero-order chi connectivity index (χ0) is 29.0. The molecule has 0 radical (unpaired) electrons. The number of ether oxygens (including phenoxy) is 2. The van der Waals surface area contributed by atoms with Gasteiger partial charge in [0.05, 0.1) is 7.11 Å². The first-order chi connectivity index (χ1) is 17.7. The van der Waals surface area contributed by atoms with Crippen LogP contribution in [0.2, 0.25) is 0 Å². The summed E-state index contributed by atoms with van der Waals surface area (Å²) < 4.78 is 9.96. The number of aryl methyl sites for hydroxylation is 2. The normalized spacial score (nSPS) is 12.6. The smallest absolute Gasteiger partial charge is 0.408 e. The van der Waals surface area contributed by atoms with E-state index in [4.69, 9.17) is 10.5 Å². The van der Waals surface area contributed by atoms with Gasteiger partial charge in [-0.3, -0.25) is 19.2 Å². The van der Waals surface area contributed by atoms with Crippen LogP contribution in [0.4, 0.5) is 4.79 Å². The first kappa shape index (κ1) is 32.4. The molecule has 0 aliphatic rings. The van der Waals surface area contributed by atoms with Crippen LogP contribution in [0.5, 0.6) is 0 Å². The monoisotopic (exact) mass is 534 g/mol. The quantitative estimate of drug-likeness (QED) is 0.328. The number of carbonyl (C=O) groups excluding carboxylic acids is 5. The zero-order valence-corrected chi connectivity index (χ0v) is 23.5. The second-order valence-electron chi connectivity index (χ2n) is 10.1. The molecule has 11 heteroatoms. The molecule has 0 bridgehead atoms. The Labute approximate surface area is 224 Å². The van der Waals surface area contributed by atoms with E-state index in [1.165, 1.54) is 12.0 Å². The molecule has 0 aromatic heterocycles. The lowest BCUT2D eigenvalue weighted by Gasteiger charge is -2.35. The number of primary amides is 1. The number of nitrogens with one attached hydrogen (secondary N) is 2. The molecule has 0 saturated heterocycles. The summed E-state index contributed by atoms with van der Waals surface area (Å²) in [5.74, 6) is -2.45. The molecule has 4 N–H and O–H groups in total. The van der Waals surface area contributed by atoms with Crippen molar-refractivity contribution >= 4 is 29.8 Å². The van der Waals surface area contributed by atoms with Gasteiger partial charge in [0.2, 0.25) is 17.7 Å². The molecule has 11 nitrogen and oxygen atoms in total. The van der Waals surface area contributed by atoms with E-state index in [1.54, 1.807) is 20.8 Å². The van der Waals surface area contributed by atoms with Crippen LogP contribution in [0, 0.1) is 13.8 Å². The first-order valence-electron chi connectivity index (χ1n) is 12.7. The predicted molar refractivity (Wildman–Crippen MR) is 142 cm³/mol. The molecule has 38 heavy (non-hydrogen) atoms. The highest BCUT2D eigenvalue weighted by Crippen LogP contribution is 2.27. The van der Waals surface area contributed by atoms with Crippen molar-refractivity contribution in [3.8, 4) is 0 Å². The summed E-state index contributed by atoms with van der Waals surface area (Å²) in [5.41, 5.74) is 6.71. The van der Waals surface area contributed by atoms with Crippen LogP contribution >= 0.6 is 0 Å². The molecule has 0 aliphatic heterocycles. The molecular weight excluding hydrogens is 492 g/mol. The van der Waals surface area contributed by atoms with Crippen molar-refractivity contribution in [2.75, 3.05) is 20.2 Å². The molecule has 0 heterocycles. The fraction of sp³-hybridized carbons (Fsp3) is 0.593. The van der Waals surface area contributed by atoms with E-state index in [0.717, 1.165) is 17.5 Å². The van der Waals surface area contributed by atoms with E-state index < -0.39 is 47.5 Å². The Morgan fingerprint density at radius 3 is 2.32 bits per heavy atom. The van der Waals surface area contributed by atoms with E-state index in [-0.39, 0.29) is 25.9 Å². The van der Waals surface area contributed by atoms with Gasteiger partial charge in [-0.15, -0.1) is 0 Å². The van der Waals surface area contributed by atoms with Crippen LogP contribution < -0.4 is 16.4 Å². The molecule has 0 fully saturated rings. The van der Waals surface area contributed by atoms with Crippen LogP contribution in [0.25, 0.3) is 0 Å². The number of rotatable bonds is 13. The Balaban J connectivity index is 3.56. The number of nitrogens with zero attached hydrogens (tertiary/aromatic N) is 1. The van der Waals surface area contributed by atoms with Crippen molar-refractivity contribution in [3.05, 3.63) is 34.9 Å². The van der Waals surface area contributed by atoms with E-state index in [0.29, 0.717) is 12.0 Å². The lowest BCUT2D eigenvalue weighted by atomic mass is 9.95. The molecule has 1 aromatic carbocycles.